The van der Waals surface area contributed by atoms with E-state index in [0.717, 1.165) is 35.8 Å². The lowest BCUT2D eigenvalue weighted by molar-refractivity contribution is -0.0194. The van der Waals surface area contributed by atoms with Gasteiger partial charge in [0, 0.05) is 25.2 Å². The Hall–Kier alpha value is -0.0800. The van der Waals surface area contributed by atoms with Gasteiger partial charge >= 0.3 is 0 Å². The number of rotatable bonds is 4. The molecule has 2 nitrogen and oxygen atoms in total. The first-order valence-electron chi connectivity index (χ1n) is 10.0. The van der Waals surface area contributed by atoms with Crippen LogP contribution in [0.5, 0.6) is 0 Å². The third-order valence-corrected chi connectivity index (χ3v) is 7.11. The van der Waals surface area contributed by atoms with Gasteiger partial charge in [-0.2, -0.15) is 0 Å². The molecule has 128 valence electrons. The lowest BCUT2D eigenvalue weighted by Gasteiger charge is -2.51. The van der Waals surface area contributed by atoms with Crippen LogP contribution >= 0.6 is 0 Å². The molecular formula is C20H38N2. The highest BCUT2D eigenvalue weighted by Gasteiger charge is 2.39. The van der Waals surface area contributed by atoms with Gasteiger partial charge in [-0.3, -0.25) is 4.90 Å². The van der Waals surface area contributed by atoms with E-state index in [0.29, 0.717) is 0 Å². The summed E-state index contributed by atoms with van der Waals surface area (Å²) in [5.74, 6) is 3.96. The van der Waals surface area contributed by atoms with Crippen LogP contribution in [0.2, 0.25) is 0 Å². The van der Waals surface area contributed by atoms with E-state index in [1.165, 1.54) is 64.7 Å². The first-order valence-corrected chi connectivity index (χ1v) is 10.0. The standard InChI is InChI=1S/C20H38N2/c1-15(2)17-5-7-20(8-6-17)22-13-19(14-22)18-9-11-21(12-10-18)16(3)4/h15-20H,5-14H2,1-4H3. The summed E-state index contributed by atoms with van der Waals surface area (Å²) in [5, 5.41) is 0. The molecule has 2 heteroatoms. The third-order valence-electron chi connectivity index (χ3n) is 7.11. The molecule has 2 aliphatic heterocycles. The van der Waals surface area contributed by atoms with Crippen molar-refractivity contribution in [2.45, 2.75) is 78.3 Å². The van der Waals surface area contributed by atoms with Crippen LogP contribution in [0.15, 0.2) is 0 Å². The highest BCUT2D eigenvalue weighted by atomic mass is 15.2. The molecule has 0 unspecified atom stereocenters. The third kappa shape index (κ3) is 3.70. The van der Waals surface area contributed by atoms with E-state index in [2.05, 4.69) is 37.5 Å². The van der Waals surface area contributed by atoms with Gasteiger partial charge in [-0.15, -0.1) is 0 Å². The zero-order chi connectivity index (χ0) is 15.7. The maximum Gasteiger partial charge on any atom is 0.00957 e. The minimum atomic E-state index is 0.745. The summed E-state index contributed by atoms with van der Waals surface area (Å²) in [5.41, 5.74) is 0. The van der Waals surface area contributed by atoms with Gasteiger partial charge in [0.05, 0.1) is 0 Å². The van der Waals surface area contributed by atoms with Gasteiger partial charge in [-0.25, -0.2) is 0 Å². The molecule has 0 bridgehead atoms. The van der Waals surface area contributed by atoms with Gasteiger partial charge in [-0.1, -0.05) is 13.8 Å². The minimum Gasteiger partial charge on any atom is -0.301 e. The second-order valence-electron chi connectivity index (χ2n) is 8.99. The topological polar surface area (TPSA) is 6.48 Å². The zero-order valence-corrected chi connectivity index (χ0v) is 15.4. The predicted molar refractivity (Wildman–Crippen MR) is 95.1 cm³/mol. The first kappa shape index (κ1) is 16.8. The van der Waals surface area contributed by atoms with Crippen molar-refractivity contribution in [2.24, 2.45) is 23.7 Å². The van der Waals surface area contributed by atoms with Crippen molar-refractivity contribution in [3.05, 3.63) is 0 Å². The van der Waals surface area contributed by atoms with E-state index in [-0.39, 0.29) is 0 Å². The lowest BCUT2D eigenvalue weighted by Crippen LogP contribution is -2.56. The van der Waals surface area contributed by atoms with Crippen molar-refractivity contribution in [2.75, 3.05) is 26.2 Å². The number of likely N-dealkylation sites (tertiary alicyclic amines) is 2. The molecule has 1 aliphatic carbocycles. The van der Waals surface area contributed by atoms with E-state index in [4.69, 9.17) is 0 Å². The van der Waals surface area contributed by atoms with E-state index in [1.54, 1.807) is 0 Å². The van der Waals surface area contributed by atoms with Gasteiger partial charge in [0.2, 0.25) is 0 Å². The quantitative estimate of drug-likeness (QED) is 0.766. The monoisotopic (exact) mass is 306 g/mol. The Labute approximate surface area is 138 Å². The second-order valence-corrected chi connectivity index (χ2v) is 8.99. The van der Waals surface area contributed by atoms with Crippen LogP contribution in [0, 0.1) is 23.7 Å². The Morgan fingerprint density at radius 1 is 0.727 bits per heavy atom. The van der Waals surface area contributed by atoms with Crippen molar-refractivity contribution in [1.29, 1.82) is 0 Å². The van der Waals surface area contributed by atoms with Gasteiger partial charge in [0.15, 0.2) is 0 Å². The SMILES string of the molecule is CC(C)C1CCC(N2CC(C3CCN(C(C)C)CC3)C2)CC1. The Balaban J connectivity index is 1.36. The number of hydrogen-bond donors (Lipinski definition) is 0. The summed E-state index contributed by atoms with van der Waals surface area (Å²) < 4.78 is 0. The fourth-order valence-electron chi connectivity index (χ4n) is 5.19. The highest BCUT2D eigenvalue weighted by Crippen LogP contribution is 2.38. The van der Waals surface area contributed by atoms with E-state index < -0.39 is 0 Å². The number of hydrogen-bond acceptors (Lipinski definition) is 2. The van der Waals surface area contributed by atoms with Crippen LogP contribution in [0.1, 0.15) is 66.2 Å². The van der Waals surface area contributed by atoms with Crippen LogP contribution in [-0.2, 0) is 0 Å². The predicted octanol–water partition coefficient (Wildman–Crippen LogP) is 4.25. The molecule has 3 aliphatic rings. The van der Waals surface area contributed by atoms with Gasteiger partial charge in [0.1, 0.15) is 0 Å². The Morgan fingerprint density at radius 2 is 1.32 bits per heavy atom. The largest absolute Gasteiger partial charge is 0.301 e. The molecule has 0 aromatic rings. The average Bonchev–Trinajstić information content (AvgIpc) is 2.47. The summed E-state index contributed by atoms with van der Waals surface area (Å²) in [4.78, 5) is 5.50. The summed E-state index contributed by atoms with van der Waals surface area (Å²) in [7, 11) is 0. The van der Waals surface area contributed by atoms with Crippen molar-refractivity contribution in [3.8, 4) is 0 Å². The van der Waals surface area contributed by atoms with E-state index in [1.807, 2.05) is 0 Å². The summed E-state index contributed by atoms with van der Waals surface area (Å²) in [6, 6.07) is 1.68. The van der Waals surface area contributed by atoms with Crippen molar-refractivity contribution in [1.82, 2.24) is 9.80 Å². The second kappa shape index (κ2) is 7.21. The molecule has 0 atom stereocenters. The summed E-state index contributed by atoms with van der Waals surface area (Å²) >= 11 is 0. The number of piperidine rings is 1. The Morgan fingerprint density at radius 3 is 1.82 bits per heavy atom. The van der Waals surface area contributed by atoms with Crippen LogP contribution in [-0.4, -0.2) is 48.1 Å². The molecule has 3 rings (SSSR count). The maximum absolute atomic E-state index is 2.83. The first-order chi connectivity index (χ1) is 10.5. The fourth-order valence-corrected chi connectivity index (χ4v) is 5.19. The van der Waals surface area contributed by atoms with Crippen LogP contribution in [0.4, 0.5) is 0 Å². The minimum absolute atomic E-state index is 0.745. The molecular weight excluding hydrogens is 268 g/mol. The molecule has 0 aromatic heterocycles. The van der Waals surface area contributed by atoms with E-state index >= 15 is 0 Å². The van der Waals surface area contributed by atoms with Crippen LogP contribution in [0.3, 0.4) is 0 Å². The Kier molecular flexibility index (Phi) is 5.50. The fraction of sp³-hybridized carbons (Fsp3) is 1.00. The molecule has 2 saturated heterocycles. The molecule has 0 aromatic carbocycles. The molecule has 0 spiro atoms. The Bertz CT molecular complexity index is 298. The van der Waals surface area contributed by atoms with Crippen LogP contribution in [0.25, 0.3) is 0 Å². The normalized spacial score (nSPS) is 33.5. The molecule has 2 heterocycles. The molecule has 0 amide bonds. The lowest BCUT2D eigenvalue weighted by atomic mass is 9.75. The maximum atomic E-state index is 2.83. The molecule has 1 saturated carbocycles. The summed E-state index contributed by atoms with van der Waals surface area (Å²) in [6.07, 6.45) is 8.82. The summed E-state index contributed by atoms with van der Waals surface area (Å²) in [6.45, 7) is 15.0. The molecule has 0 N–H and O–H groups in total. The van der Waals surface area contributed by atoms with Crippen molar-refractivity contribution in [3.63, 3.8) is 0 Å². The number of nitrogens with zero attached hydrogens (tertiary/aromatic N) is 2. The highest BCUT2D eigenvalue weighted by molar-refractivity contribution is 4.93. The van der Waals surface area contributed by atoms with Crippen molar-refractivity contribution >= 4 is 0 Å². The van der Waals surface area contributed by atoms with E-state index in [9.17, 15) is 0 Å². The van der Waals surface area contributed by atoms with Gasteiger partial charge < -0.3 is 4.90 Å². The van der Waals surface area contributed by atoms with Crippen molar-refractivity contribution < 1.29 is 0 Å². The average molecular weight is 307 g/mol. The molecule has 0 radical (unpaired) electrons. The van der Waals surface area contributed by atoms with Gasteiger partial charge in [-0.05, 0) is 89.1 Å². The molecule has 3 fully saturated rings. The van der Waals surface area contributed by atoms with Crippen LogP contribution < -0.4 is 0 Å². The van der Waals surface area contributed by atoms with Gasteiger partial charge in [0.25, 0.3) is 0 Å². The zero-order valence-electron chi connectivity index (χ0n) is 15.4. The smallest absolute Gasteiger partial charge is 0.00957 e. The molecule has 22 heavy (non-hydrogen) atoms.